The third-order valence-electron chi connectivity index (χ3n) is 5.66. The number of aromatic nitrogens is 1. The Labute approximate surface area is 220 Å². The van der Waals surface area contributed by atoms with Crippen molar-refractivity contribution in [2.75, 3.05) is 18.1 Å². The van der Waals surface area contributed by atoms with E-state index in [1.54, 1.807) is 45.0 Å². The van der Waals surface area contributed by atoms with Crippen LogP contribution in [0, 0.1) is 6.92 Å². The van der Waals surface area contributed by atoms with Gasteiger partial charge in [0.25, 0.3) is 0 Å². The molecule has 0 radical (unpaired) electrons. The van der Waals surface area contributed by atoms with E-state index in [0.29, 0.717) is 34.5 Å². The highest BCUT2D eigenvalue weighted by Crippen LogP contribution is 2.41. The van der Waals surface area contributed by atoms with Crippen molar-refractivity contribution in [3.63, 3.8) is 0 Å². The fourth-order valence-corrected chi connectivity index (χ4v) is 4.22. The Bertz CT molecular complexity index is 1400. The number of benzene rings is 3. The molecule has 7 nitrogen and oxygen atoms in total. The van der Waals surface area contributed by atoms with Crippen LogP contribution in [0.1, 0.15) is 25.1 Å². The Morgan fingerprint density at radius 2 is 1.59 bits per heavy atom. The van der Waals surface area contributed by atoms with Crippen molar-refractivity contribution in [2.24, 2.45) is 0 Å². The van der Waals surface area contributed by atoms with E-state index in [9.17, 15) is 9.59 Å². The van der Waals surface area contributed by atoms with E-state index in [1.807, 2.05) is 48.5 Å². The van der Waals surface area contributed by atoms with Crippen LogP contribution in [0.2, 0.25) is 5.02 Å². The molecule has 190 valence electrons. The lowest BCUT2D eigenvalue weighted by Crippen LogP contribution is -2.27. The second kappa shape index (κ2) is 11.8. The molecule has 0 aliphatic heterocycles. The normalized spacial score (nSPS) is 10.7. The summed E-state index contributed by atoms with van der Waals surface area (Å²) < 4.78 is 16.1. The van der Waals surface area contributed by atoms with Gasteiger partial charge in [0.05, 0.1) is 30.3 Å². The number of halogens is 1. The van der Waals surface area contributed by atoms with Crippen molar-refractivity contribution >= 4 is 35.0 Å². The van der Waals surface area contributed by atoms with Gasteiger partial charge in [-0.25, -0.2) is 9.69 Å². The van der Waals surface area contributed by atoms with E-state index in [4.69, 9.17) is 25.6 Å². The van der Waals surface area contributed by atoms with Gasteiger partial charge < -0.3 is 14.0 Å². The summed E-state index contributed by atoms with van der Waals surface area (Å²) >= 11 is 6.45. The van der Waals surface area contributed by atoms with E-state index < -0.39 is 6.09 Å². The van der Waals surface area contributed by atoms with E-state index in [1.165, 1.54) is 4.90 Å². The summed E-state index contributed by atoms with van der Waals surface area (Å²) in [5.41, 5.74) is 4.95. The van der Waals surface area contributed by atoms with Crippen LogP contribution in [-0.4, -0.2) is 30.4 Å². The average molecular weight is 519 g/mol. The Kier molecular flexibility index (Phi) is 8.25. The smallest absolute Gasteiger partial charge is 0.419 e. The van der Waals surface area contributed by atoms with Crippen LogP contribution in [0.3, 0.4) is 0 Å². The number of esters is 1. The minimum absolute atomic E-state index is 0.198. The van der Waals surface area contributed by atoms with Gasteiger partial charge >= 0.3 is 12.1 Å². The van der Waals surface area contributed by atoms with Crippen LogP contribution in [0.5, 0.6) is 0 Å². The molecule has 0 fully saturated rings. The number of para-hydroxylation sites is 1. The summed E-state index contributed by atoms with van der Waals surface area (Å²) in [5.74, 6) is 0.154. The van der Waals surface area contributed by atoms with Crippen molar-refractivity contribution in [3.8, 4) is 22.5 Å². The first-order chi connectivity index (χ1) is 17.9. The van der Waals surface area contributed by atoms with Crippen molar-refractivity contribution in [3.05, 3.63) is 89.1 Å². The third kappa shape index (κ3) is 5.84. The van der Waals surface area contributed by atoms with E-state index in [2.05, 4.69) is 5.16 Å². The van der Waals surface area contributed by atoms with Crippen LogP contribution in [-0.2, 0) is 20.7 Å². The quantitative estimate of drug-likeness (QED) is 0.226. The zero-order valence-electron chi connectivity index (χ0n) is 20.9. The van der Waals surface area contributed by atoms with Crippen LogP contribution in [0.25, 0.3) is 22.5 Å². The lowest BCUT2D eigenvalue weighted by Gasteiger charge is -2.23. The van der Waals surface area contributed by atoms with Crippen LogP contribution < -0.4 is 4.90 Å². The maximum Gasteiger partial charge on any atom is 0.419 e. The molecule has 1 amide bonds. The Morgan fingerprint density at radius 1 is 0.892 bits per heavy atom. The molecule has 1 heterocycles. The molecule has 0 saturated carbocycles. The molecule has 0 unspecified atom stereocenters. The van der Waals surface area contributed by atoms with E-state index in [0.717, 1.165) is 22.3 Å². The van der Waals surface area contributed by atoms with Crippen LogP contribution >= 0.6 is 11.6 Å². The van der Waals surface area contributed by atoms with Gasteiger partial charge in [0.1, 0.15) is 11.4 Å². The molecule has 4 rings (SSSR count). The fraction of sp³-hybridized carbons (Fsp3) is 0.207. The zero-order chi connectivity index (χ0) is 26.4. The Hall–Kier alpha value is -4.10. The summed E-state index contributed by atoms with van der Waals surface area (Å²) in [7, 11) is 0. The maximum atomic E-state index is 13.1. The number of ether oxygens (including phenoxy) is 2. The minimum atomic E-state index is -0.585. The largest absolute Gasteiger partial charge is 0.466 e. The van der Waals surface area contributed by atoms with Gasteiger partial charge in [-0.05, 0) is 49.6 Å². The number of amides is 1. The van der Waals surface area contributed by atoms with Crippen molar-refractivity contribution in [1.29, 1.82) is 0 Å². The minimum Gasteiger partial charge on any atom is -0.466 e. The molecule has 0 aliphatic rings. The Balaban J connectivity index is 1.69. The van der Waals surface area contributed by atoms with Gasteiger partial charge in [0.15, 0.2) is 5.76 Å². The molecule has 37 heavy (non-hydrogen) atoms. The lowest BCUT2D eigenvalue weighted by molar-refractivity contribution is -0.142. The predicted molar refractivity (Wildman–Crippen MR) is 143 cm³/mol. The lowest BCUT2D eigenvalue weighted by atomic mass is 9.99. The van der Waals surface area contributed by atoms with E-state index >= 15 is 0 Å². The summed E-state index contributed by atoms with van der Waals surface area (Å²) in [6.45, 7) is 5.84. The molecule has 0 atom stereocenters. The average Bonchev–Trinajstić information content (AvgIpc) is 3.27. The molecule has 3 aromatic carbocycles. The predicted octanol–water partition coefficient (Wildman–Crippen LogP) is 7.37. The summed E-state index contributed by atoms with van der Waals surface area (Å²) in [5, 5.41) is 4.52. The second-order valence-corrected chi connectivity index (χ2v) is 8.60. The maximum absolute atomic E-state index is 13.1. The highest BCUT2D eigenvalue weighted by atomic mass is 35.5. The zero-order valence-corrected chi connectivity index (χ0v) is 21.6. The van der Waals surface area contributed by atoms with Gasteiger partial charge in [-0.15, -0.1) is 0 Å². The van der Waals surface area contributed by atoms with E-state index in [-0.39, 0.29) is 19.0 Å². The first-order valence-corrected chi connectivity index (χ1v) is 12.3. The van der Waals surface area contributed by atoms with Crippen molar-refractivity contribution in [1.82, 2.24) is 5.16 Å². The number of carbonyl (C=O) groups excluding carboxylic acids is 2. The molecule has 8 heteroatoms. The molecule has 0 spiro atoms. The van der Waals surface area contributed by atoms with Gasteiger partial charge in [-0.2, -0.15) is 0 Å². The van der Waals surface area contributed by atoms with Crippen LogP contribution in [0.4, 0.5) is 16.2 Å². The molecule has 0 bridgehead atoms. The van der Waals surface area contributed by atoms with Crippen molar-refractivity contribution < 1.29 is 23.6 Å². The topological polar surface area (TPSA) is 81.9 Å². The van der Waals surface area contributed by atoms with Gasteiger partial charge in [-0.1, -0.05) is 77.4 Å². The van der Waals surface area contributed by atoms with Gasteiger partial charge in [-0.3, -0.25) is 4.79 Å². The number of hydrogen-bond acceptors (Lipinski definition) is 6. The third-order valence-corrected chi connectivity index (χ3v) is 5.98. The molecule has 0 aliphatic carbocycles. The van der Waals surface area contributed by atoms with Crippen molar-refractivity contribution in [2.45, 2.75) is 27.2 Å². The highest BCUT2D eigenvalue weighted by Gasteiger charge is 2.30. The number of aryl methyl sites for hydroxylation is 1. The number of anilines is 2. The summed E-state index contributed by atoms with van der Waals surface area (Å²) in [6.07, 6.45) is -0.371. The fourth-order valence-electron chi connectivity index (χ4n) is 4.00. The molecule has 0 N–H and O–H groups in total. The summed E-state index contributed by atoms with van der Waals surface area (Å²) in [6, 6.07) is 22.5. The molecular weight excluding hydrogens is 492 g/mol. The highest BCUT2D eigenvalue weighted by molar-refractivity contribution is 6.34. The first-order valence-electron chi connectivity index (χ1n) is 12.0. The molecule has 4 aromatic rings. The SMILES string of the molecule is CCOC(=O)Cc1cccc(-c2ccc(-c3onc(C)c3N(C(=O)OCC)c3ccccc3Cl)cc2)c1. The summed E-state index contributed by atoms with van der Waals surface area (Å²) in [4.78, 5) is 26.3. The Morgan fingerprint density at radius 3 is 2.30 bits per heavy atom. The molecule has 1 aromatic heterocycles. The molecule has 0 saturated heterocycles. The second-order valence-electron chi connectivity index (χ2n) is 8.19. The van der Waals surface area contributed by atoms with Gasteiger partial charge in [0.2, 0.25) is 0 Å². The van der Waals surface area contributed by atoms with Gasteiger partial charge in [0, 0.05) is 5.56 Å². The standard InChI is InChI=1S/C29H27ClN2O5/c1-4-35-26(33)18-20-9-8-10-23(17-20)21-13-15-22(16-14-21)28-27(19(3)31-37-28)32(29(34)36-5-2)25-12-7-6-11-24(25)30/h6-17H,4-5,18H2,1-3H3. The first kappa shape index (κ1) is 26.0. The number of hydrogen-bond donors (Lipinski definition) is 0. The monoisotopic (exact) mass is 518 g/mol. The van der Waals surface area contributed by atoms with Crippen LogP contribution in [0.15, 0.2) is 77.3 Å². The number of nitrogens with zero attached hydrogens (tertiary/aromatic N) is 2. The molecular formula is C29H27ClN2O5. The number of carbonyl (C=O) groups is 2. The number of rotatable bonds is 8.